The zero-order chi connectivity index (χ0) is 17.8. The molecule has 132 valence electrons. The van der Waals surface area contributed by atoms with Gasteiger partial charge >= 0.3 is 0 Å². The van der Waals surface area contributed by atoms with Crippen LogP contribution < -0.4 is 14.8 Å². The molecule has 0 bridgehead atoms. The van der Waals surface area contributed by atoms with E-state index >= 15 is 0 Å². The number of pyridine rings is 1. The number of carbonyl (C=O) groups excluding carboxylic acids is 1. The van der Waals surface area contributed by atoms with Gasteiger partial charge in [0.05, 0.1) is 0 Å². The van der Waals surface area contributed by atoms with Gasteiger partial charge < -0.3 is 19.4 Å². The molecule has 1 aliphatic heterocycles. The summed E-state index contributed by atoms with van der Waals surface area (Å²) < 4.78 is 12.7. The van der Waals surface area contributed by atoms with E-state index in [1.54, 1.807) is 12.3 Å². The average Bonchev–Trinajstić information content (AvgIpc) is 3.30. The number of nitrogens with one attached hydrogen (secondary N) is 1. The lowest BCUT2D eigenvalue weighted by molar-refractivity contribution is -0.116. The standard InChI is InChI=1S/C20H19N3O3/c24-19(7-5-15-4-6-17-18(13-15)26-14-25-17)21-10-2-11-23-12-8-16-3-1-9-22-20(16)23/h1,3-9,12-13H,2,10-11,14H2,(H,21,24)/b7-5+. The Balaban J connectivity index is 1.25. The number of ether oxygens (including phenoxy) is 2. The number of hydrogen-bond donors (Lipinski definition) is 1. The van der Waals surface area contributed by atoms with Crippen molar-refractivity contribution in [3.63, 3.8) is 0 Å². The van der Waals surface area contributed by atoms with E-state index in [-0.39, 0.29) is 12.7 Å². The van der Waals surface area contributed by atoms with Crippen LogP contribution in [-0.4, -0.2) is 28.8 Å². The number of aryl methyl sites for hydroxylation is 1. The topological polar surface area (TPSA) is 65.4 Å². The number of amides is 1. The van der Waals surface area contributed by atoms with E-state index in [4.69, 9.17) is 9.47 Å². The summed E-state index contributed by atoms with van der Waals surface area (Å²) in [6, 6.07) is 11.6. The molecule has 1 N–H and O–H groups in total. The molecule has 2 aromatic heterocycles. The van der Waals surface area contributed by atoms with Crippen LogP contribution in [0.25, 0.3) is 17.1 Å². The van der Waals surface area contributed by atoms with Crippen molar-refractivity contribution in [1.29, 1.82) is 0 Å². The van der Waals surface area contributed by atoms with Crippen LogP contribution in [-0.2, 0) is 11.3 Å². The molecule has 4 rings (SSSR count). The molecule has 0 unspecified atom stereocenters. The molecule has 1 aliphatic rings. The maximum absolute atomic E-state index is 12.0. The lowest BCUT2D eigenvalue weighted by Crippen LogP contribution is -2.23. The van der Waals surface area contributed by atoms with Crippen LogP contribution in [0, 0.1) is 0 Å². The Labute approximate surface area is 151 Å². The van der Waals surface area contributed by atoms with Crippen LogP contribution >= 0.6 is 0 Å². The summed E-state index contributed by atoms with van der Waals surface area (Å²) in [6.45, 7) is 1.67. The Morgan fingerprint density at radius 2 is 2.15 bits per heavy atom. The Morgan fingerprint density at radius 1 is 1.23 bits per heavy atom. The number of aromatic nitrogens is 2. The lowest BCUT2D eigenvalue weighted by Gasteiger charge is -2.05. The Kier molecular flexibility index (Phi) is 4.55. The molecular formula is C20H19N3O3. The number of nitrogens with zero attached hydrogens (tertiary/aromatic N) is 2. The third-order valence-electron chi connectivity index (χ3n) is 4.22. The maximum Gasteiger partial charge on any atom is 0.244 e. The van der Waals surface area contributed by atoms with Crippen LogP contribution in [0.15, 0.2) is 54.9 Å². The summed E-state index contributed by atoms with van der Waals surface area (Å²) in [7, 11) is 0. The van der Waals surface area contributed by atoms with Crippen LogP contribution in [0.3, 0.4) is 0 Å². The molecular weight excluding hydrogens is 330 g/mol. The Morgan fingerprint density at radius 3 is 3.12 bits per heavy atom. The van der Waals surface area contributed by atoms with Crippen LogP contribution in [0.4, 0.5) is 0 Å². The van der Waals surface area contributed by atoms with Crippen molar-refractivity contribution < 1.29 is 14.3 Å². The number of carbonyl (C=O) groups is 1. The van der Waals surface area contributed by atoms with E-state index in [2.05, 4.69) is 20.9 Å². The molecule has 26 heavy (non-hydrogen) atoms. The number of rotatable bonds is 6. The fraction of sp³-hybridized carbons (Fsp3) is 0.200. The van der Waals surface area contributed by atoms with Gasteiger partial charge in [-0.25, -0.2) is 4.98 Å². The lowest BCUT2D eigenvalue weighted by atomic mass is 10.2. The molecule has 1 aromatic carbocycles. The summed E-state index contributed by atoms with van der Waals surface area (Å²) in [5, 5.41) is 4.03. The van der Waals surface area contributed by atoms with Gasteiger partial charge in [0.25, 0.3) is 0 Å². The van der Waals surface area contributed by atoms with Crippen molar-refractivity contribution in [2.24, 2.45) is 0 Å². The first-order chi connectivity index (χ1) is 12.8. The molecule has 0 fully saturated rings. The highest BCUT2D eigenvalue weighted by Crippen LogP contribution is 2.32. The predicted octanol–water partition coefficient (Wildman–Crippen LogP) is 2.98. The van der Waals surface area contributed by atoms with Gasteiger partial charge in [-0.05, 0) is 48.4 Å². The third kappa shape index (κ3) is 3.54. The Hall–Kier alpha value is -3.28. The molecule has 0 saturated carbocycles. The normalized spacial score (nSPS) is 12.8. The summed E-state index contributed by atoms with van der Waals surface area (Å²) >= 11 is 0. The molecule has 0 atom stereocenters. The van der Waals surface area contributed by atoms with E-state index in [0.717, 1.165) is 35.3 Å². The number of benzene rings is 1. The highest BCUT2D eigenvalue weighted by Gasteiger charge is 2.12. The van der Waals surface area contributed by atoms with Gasteiger partial charge in [-0.15, -0.1) is 0 Å². The van der Waals surface area contributed by atoms with Crippen molar-refractivity contribution in [2.75, 3.05) is 13.3 Å². The highest BCUT2D eigenvalue weighted by molar-refractivity contribution is 5.91. The molecule has 6 nitrogen and oxygen atoms in total. The van der Waals surface area contributed by atoms with Crippen molar-refractivity contribution in [3.8, 4) is 11.5 Å². The van der Waals surface area contributed by atoms with Gasteiger partial charge in [0, 0.05) is 36.9 Å². The van der Waals surface area contributed by atoms with E-state index in [1.165, 1.54) is 6.08 Å². The number of hydrogen-bond acceptors (Lipinski definition) is 4. The second-order valence-electron chi connectivity index (χ2n) is 6.02. The third-order valence-corrected chi connectivity index (χ3v) is 4.22. The number of fused-ring (bicyclic) bond motifs is 2. The van der Waals surface area contributed by atoms with Crippen LogP contribution in [0.5, 0.6) is 11.5 Å². The minimum atomic E-state index is -0.113. The fourth-order valence-electron chi connectivity index (χ4n) is 2.91. The van der Waals surface area contributed by atoms with E-state index < -0.39 is 0 Å². The van der Waals surface area contributed by atoms with E-state index in [1.807, 2.05) is 36.5 Å². The van der Waals surface area contributed by atoms with Gasteiger partial charge in [-0.3, -0.25) is 4.79 Å². The van der Waals surface area contributed by atoms with Gasteiger partial charge in [0.15, 0.2) is 11.5 Å². The second-order valence-corrected chi connectivity index (χ2v) is 6.02. The maximum atomic E-state index is 12.0. The first kappa shape index (κ1) is 16.2. The van der Waals surface area contributed by atoms with Crippen molar-refractivity contribution in [2.45, 2.75) is 13.0 Å². The Bertz CT molecular complexity index is 962. The van der Waals surface area contributed by atoms with Crippen molar-refractivity contribution in [1.82, 2.24) is 14.9 Å². The summed E-state index contributed by atoms with van der Waals surface area (Å²) in [4.78, 5) is 16.3. The molecule has 0 saturated heterocycles. The molecule has 0 spiro atoms. The minimum absolute atomic E-state index is 0.113. The molecule has 6 heteroatoms. The first-order valence-corrected chi connectivity index (χ1v) is 8.55. The van der Waals surface area contributed by atoms with Crippen molar-refractivity contribution in [3.05, 3.63) is 60.4 Å². The smallest absolute Gasteiger partial charge is 0.244 e. The van der Waals surface area contributed by atoms with Crippen LogP contribution in [0.2, 0.25) is 0 Å². The quantitative estimate of drug-likeness (QED) is 0.549. The molecule has 1 amide bonds. The van der Waals surface area contributed by atoms with Gasteiger partial charge in [-0.1, -0.05) is 6.07 Å². The highest BCUT2D eigenvalue weighted by atomic mass is 16.7. The van der Waals surface area contributed by atoms with E-state index in [0.29, 0.717) is 12.3 Å². The predicted molar refractivity (Wildman–Crippen MR) is 99.0 cm³/mol. The van der Waals surface area contributed by atoms with Gasteiger partial charge in [0.2, 0.25) is 12.7 Å². The zero-order valence-electron chi connectivity index (χ0n) is 14.2. The average molecular weight is 349 g/mol. The first-order valence-electron chi connectivity index (χ1n) is 8.55. The van der Waals surface area contributed by atoms with Crippen molar-refractivity contribution >= 4 is 23.0 Å². The minimum Gasteiger partial charge on any atom is -0.454 e. The molecule has 3 heterocycles. The van der Waals surface area contributed by atoms with Crippen LogP contribution in [0.1, 0.15) is 12.0 Å². The fourth-order valence-corrected chi connectivity index (χ4v) is 2.91. The largest absolute Gasteiger partial charge is 0.454 e. The SMILES string of the molecule is O=C(/C=C/c1ccc2c(c1)OCO2)NCCCn1ccc2cccnc21. The molecule has 3 aromatic rings. The molecule has 0 radical (unpaired) electrons. The summed E-state index contributed by atoms with van der Waals surface area (Å²) in [5.41, 5.74) is 1.87. The molecule has 0 aliphatic carbocycles. The summed E-state index contributed by atoms with van der Waals surface area (Å²) in [5.74, 6) is 1.33. The summed E-state index contributed by atoms with van der Waals surface area (Å²) in [6.07, 6.45) is 7.95. The monoisotopic (exact) mass is 349 g/mol. The van der Waals surface area contributed by atoms with E-state index in [9.17, 15) is 4.79 Å². The van der Waals surface area contributed by atoms with Gasteiger partial charge in [-0.2, -0.15) is 0 Å². The zero-order valence-corrected chi connectivity index (χ0v) is 14.2. The van der Waals surface area contributed by atoms with Gasteiger partial charge in [0.1, 0.15) is 5.65 Å². The second kappa shape index (κ2) is 7.31.